The van der Waals surface area contributed by atoms with Gasteiger partial charge in [-0.1, -0.05) is 30.1 Å². The molecular weight excluding hydrogens is 268 g/mol. The minimum atomic E-state index is -0.527. The van der Waals surface area contributed by atoms with Crippen molar-refractivity contribution < 1.29 is 4.74 Å². The lowest BCUT2D eigenvalue weighted by Gasteiger charge is -2.15. The second-order valence-electron chi connectivity index (χ2n) is 3.15. The van der Waals surface area contributed by atoms with Gasteiger partial charge in [-0.15, -0.1) is 11.6 Å². The predicted molar refractivity (Wildman–Crippen MR) is 66.3 cm³/mol. The average Bonchev–Trinajstić information content (AvgIpc) is 2.27. The number of ether oxygens (including phenoxy) is 1. The van der Waals surface area contributed by atoms with E-state index in [-0.39, 0.29) is 5.88 Å². The van der Waals surface area contributed by atoms with Crippen molar-refractivity contribution in [3.05, 3.63) is 27.7 Å². The average molecular weight is 279 g/mol. The van der Waals surface area contributed by atoms with E-state index in [1.807, 2.05) is 13.0 Å². The molecular formula is C11H10Cl3NO. The van der Waals surface area contributed by atoms with E-state index < -0.39 is 6.10 Å². The van der Waals surface area contributed by atoms with Crippen LogP contribution in [0.4, 0.5) is 0 Å². The first-order valence-electron chi connectivity index (χ1n) is 4.72. The second kappa shape index (κ2) is 6.20. The van der Waals surface area contributed by atoms with Gasteiger partial charge in [0.15, 0.2) is 6.10 Å². The van der Waals surface area contributed by atoms with Crippen molar-refractivity contribution >= 4 is 34.8 Å². The number of hydrogen-bond acceptors (Lipinski definition) is 2. The normalized spacial score (nSPS) is 11.9. The molecule has 0 N–H and O–H groups in total. The summed E-state index contributed by atoms with van der Waals surface area (Å²) in [7, 11) is 0. The van der Waals surface area contributed by atoms with E-state index in [2.05, 4.69) is 0 Å². The maximum Gasteiger partial charge on any atom is 0.184 e. The first-order valence-corrected chi connectivity index (χ1v) is 6.01. The zero-order valence-corrected chi connectivity index (χ0v) is 10.9. The van der Waals surface area contributed by atoms with Gasteiger partial charge in [-0.25, -0.2) is 0 Å². The van der Waals surface area contributed by atoms with Crippen molar-refractivity contribution in [2.24, 2.45) is 0 Å². The van der Waals surface area contributed by atoms with Crippen LogP contribution in [0.25, 0.3) is 0 Å². The summed E-state index contributed by atoms with van der Waals surface area (Å²) in [5, 5.41) is 9.69. The van der Waals surface area contributed by atoms with Crippen LogP contribution < -0.4 is 4.74 Å². The highest BCUT2D eigenvalue weighted by Crippen LogP contribution is 2.34. The van der Waals surface area contributed by atoms with Crippen molar-refractivity contribution in [1.82, 2.24) is 0 Å². The Labute approximate surface area is 110 Å². The van der Waals surface area contributed by atoms with Gasteiger partial charge in [-0.05, 0) is 18.6 Å². The number of benzene rings is 1. The Morgan fingerprint density at radius 1 is 1.44 bits per heavy atom. The summed E-state index contributed by atoms with van der Waals surface area (Å²) in [5.41, 5.74) is 0.688. The fourth-order valence-corrected chi connectivity index (χ4v) is 1.97. The first-order chi connectivity index (χ1) is 7.62. The summed E-state index contributed by atoms with van der Waals surface area (Å²) in [6.07, 6.45) is 0.0534. The van der Waals surface area contributed by atoms with Crippen LogP contribution in [0.5, 0.6) is 5.75 Å². The Morgan fingerprint density at radius 2 is 2.12 bits per heavy atom. The summed E-state index contributed by atoms with van der Waals surface area (Å²) < 4.78 is 5.48. The summed E-state index contributed by atoms with van der Waals surface area (Å²) in [6.45, 7) is 1.86. The monoisotopic (exact) mass is 277 g/mol. The topological polar surface area (TPSA) is 33.0 Å². The number of hydrogen-bond donors (Lipinski definition) is 0. The van der Waals surface area contributed by atoms with E-state index in [1.165, 1.54) is 0 Å². The molecule has 0 aliphatic heterocycles. The highest BCUT2D eigenvalue weighted by Gasteiger charge is 2.14. The van der Waals surface area contributed by atoms with Crippen molar-refractivity contribution in [2.75, 3.05) is 0 Å². The van der Waals surface area contributed by atoms with E-state index in [0.717, 1.165) is 0 Å². The van der Waals surface area contributed by atoms with Crippen molar-refractivity contribution in [3.8, 4) is 11.8 Å². The van der Waals surface area contributed by atoms with Gasteiger partial charge in [0.05, 0.1) is 10.9 Å². The molecule has 16 heavy (non-hydrogen) atoms. The Kier molecular flexibility index (Phi) is 5.21. The molecule has 0 fully saturated rings. The molecule has 1 rings (SSSR count). The zero-order chi connectivity index (χ0) is 12.1. The molecule has 0 spiro atoms. The Balaban J connectivity index is 3.07. The van der Waals surface area contributed by atoms with Gasteiger partial charge >= 0.3 is 0 Å². The fourth-order valence-electron chi connectivity index (χ4n) is 1.19. The van der Waals surface area contributed by atoms with Gasteiger partial charge < -0.3 is 4.74 Å². The first kappa shape index (κ1) is 13.4. The van der Waals surface area contributed by atoms with E-state index >= 15 is 0 Å². The molecule has 0 bridgehead atoms. The van der Waals surface area contributed by atoms with Crippen molar-refractivity contribution in [2.45, 2.75) is 25.3 Å². The molecule has 2 nitrogen and oxygen atoms in total. The second-order valence-corrected chi connectivity index (χ2v) is 4.26. The van der Waals surface area contributed by atoms with Crippen LogP contribution >= 0.6 is 34.8 Å². The largest absolute Gasteiger partial charge is 0.474 e. The third-order valence-corrected chi connectivity index (χ3v) is 2.79. The van der Waals surface area contributed by atoms with Crippen LogP contribution in [0.2, 0.25) is 10.0 Å². The van der Waals surface area contributed by atoms with Gasteiger partial charge in [0.2, 0.25) is 0 Å². The molecule has 1 aromatic carbocycles. The van der Waals surface area contributed by atoms with Crippen molar-refractivity contribution in [1.29, 1.82) is 5.26 Å². The van der Waals surface area contributed by atoms with Crippen LogP contribution in [-0.4, -0.2) is 6.10 Å². The van der Waals surface area contributed by atoms with E-state index in [0.29, 0.717) is 27.8 Å². The van der Waals surface area contributed by atoms with Gasteiger partial charge in [0, 0.05) is 10.6 Å². The number of alkyl halides is 1. The van der Waals surface area contributed by atoms with Crippen LogP contribution in [0.3, 0.4) is 0 Å². The van der Waals surface area contributed by atoms with E-state index in [4.69, 9.17) is 44.8 Å². The molecule has 0 radical (unpaired) electrons. The highest BCUT2D eigenvalue weighted by atomic mass is 35.5. The maximum atomic E-state index is 8.82. The van der Waals surface area contributed by atoms with Gasteiger partial charge in [-0.3, -0.25) is 0 Å². The Morgan fingerprint density at radius 3 is 2.62 bits per heavy atom. The molecule has 0 saturated carbocycles. The molecule has 5 heteroatoms. The standard InChI is InChI=1S/C11H10Cl3NO/c1-2-9(6-15)16-11-7(5-12)3-8(13)4-10(11)14/h3-4,9H,2,5H2,1H3. The van der Waals surface area contributed by atoms with Gasteiger partial charge in [0.1, 0.15) is 11.8 Å². The van der Waals surface area contributed by atoms with Crippen LogP contribution in [-0.2, 0) is 5.88 Å². The highest BCUT2D eigenvalue weighted by molar-refractivity contribution is 6.36. The number of nitriles is 1. The van der Waals surface area contributed by atoms with Gasteiger partial charge in [-0.2, -0.15) is 5.26 Å². The van der Waals surface area contributed by atoms with E-state index in [1.54, 1.807) is 12.1 Å². The lowest BCUT2D eigenvalue weighted by molar-refractivity contribution is 0.250. The molecule has 1 aromatic rings. The fraction of sp³-hybridized carbons (Fsp3) is 0.364. The molecule has 0 saturated heterocycles. The molecule has 0 aromatic heterocycles. The summed E-state index contributed by atoms with van der Waals surface area (Å²) >= 11 is 17.6. The van der Waals surface area contributed by atoms with Gasteiger partial charge in [0.25, 0.3) is 0 Å². The molecule has 0 amide bonds. The maximum absolute atomic E-state index is 8.82. The van der Waals surface area contributed by atoms with Crippen molar-refractivity contribution in [3.63, 3.8) is 0 Å². The molecule has 1 unspecified atom stereocenters. The lowest BCUT2D eigenvalue weighted by Crippen LogP contribution is -2.13. The van der Waals surface area contributed by atoms with Crippen LogP contribution in [0, 0.1) is 11.3 Å². The minimum absolute atomic E-state index is 0.234. The zero-order valence-electron chi connectivity index (χ0n) is 8.64. The van der Waals surface area contributed by atoms with Crippen LogP contribution in [0.15, 0.2) is 12.1 Å². The molecule has 0 aliphatic rings. The smallest absolute Gasteiger partial charge is 0.184 e. The Bertz CT molecular complexity index is 414. The minimum Gasteiger partial charge on any atom is -0.474 e. The molecule has 0 aliphatic carbocycles. The third-order valence-electron chi connectivity index (χ3n) is 2.00. The molecule has 1 atom stereocenters. The number of nitrogens with zero attached hydrogens (tertiary/aromatic N) is 1. The lowest BCUT2D eigenvalue weighted by atomic mass is 10.2. The summed E-state index contributed by atoms with van der Waals surface area (Å²) in [6, 6.07) is 5.28. The number of rotatable bonds is 4. The predicted octanol–water partition coefficient (Wildman–Crippen LogP) is 4.41. The van der Waals surface area contributed by atoms with Crippen LogP contribution in [0.1, 0.15) is 18.9 Å². The van der Waals surface area contributed by atoms with E-state index in [9.17, 15) is 0 Å². The molecule has 86 valence electrons. The molecule has 0 heterocycles. The quantitative estimate of drug-likeness (QED) is 0.764. The SMILES string of the molecule is CCC(C#N)Oc1c(Cl)cc(Cl)cc1CCl. The third kappa shape index (κ3) is 3.18. The summed E-state index contributed by atoms with van der Waals surface area (Å²) in [5.74, 6) is 0.673. The Hall–Kier alpha value is -0.620. The summed E-state index contributed by atoms with van der Waals surface area (Å²) in [4.78, 5) is 0. The number of halogens is 3.